The highest BCUT2D eigenvalue weighted by atomic mass is 79.9. The molecule has 0 unspecified atom stereocenters. The lowest BCUT2D eigenvalue weighted by molar-refractivity contribution is -0.385. The van der Waals surface area contributed by atoms with Gasteiger partial charge < -0.3 is 5.11 Å². The smallest absolute Gasteiger partial charge is 0.322 e. The largest absolute Gasteiger partial charge is 0.480 e. The number of carboxylic acid groups (broad SMARTS) is 1. The monoisotopic (exact) mass is 380 g/mol. The van der Waals surface area contributed by atoms with Crippen LogP contribution in [0.25, 0.3) is 0 Å². The molecule has 0 saturated heterocycles. The molecule has 0 aromatic heterocycles. The molecule has 0 heterocycles. The van der Waals surface area contributed by atoms with Crippen LogP contribution in [-0.2, 0) is 14.8 Å². The fourth-order valence-corrected chi connectivity index (χ4v) is 3.55. The van der Waals surface area contributed by atoms with Crippen molar-refractivity contribution >= 4 is 37.6 Å². The van der Waals surface area contributed by atoms with Crippen molar-refractivity contribution in [1.82, 2.24) is 4.72 Å². The maximum atomic E-state index is 12.2. The Morgan fingerprint density at radius 2 is 1.95 bits per heavy atom. The summed E-state index contributed by atoms with van der Waals surface area (Å²) in [5.74, 6) is -1.81. The summed E-state index contributed by atoms with van der Waals surface area (Å²) in [7, 11) is -4.19. The van der Waals surface area contributed by atoms with E-state index in [4.69, 9.17) is 5.11 Å². The van der Waals surface area contributed by atoms with Gasteiger partial charge in [0.1, 0.15) is 6.04 Å². The average molecular weight is 381 g/mol. The molecule has 0 saturated carbocycles. The zero-order chi connectivity index (χ0) is 16.4. The number of hydrogen-bond acceptors (Lipinski definition) is 5. The van der Waals surface area contributed by atoms with Gasteiger partial charge in [0.05, 0.1) is 9.82 Å². The van der Waals surface area contributed by atoms with Gasteiger partial charge in [-0.1, -0.05) is 29.8 Å². The predicted molar refractivity (Wildman–Crippen MR) is 77.4 cm³/mol. The fourth-order valence-electron chi connectivity index (χ4n) is 1.52. The van der Waals surface area contributed by atoms with Crippen molar-refractivity contribution in [3.05, 3.63) is 32.8 Å². The van der Waals surface area contributed by atoms with E-state index in [1.54, 1.807) is 13.8 Å². The number of sulfonamides is 1. The molecule has 0 amide bonds. The molecule has 1 aromatic rings. The zero-order valence-corrected chi connectivity index (χ0v) is 13.5. The molecule has 0 spiro atoms. The molecule has 10 heteroatoms. The molecule has 21 heavy (non-hydrogen) atoms. The molecule has 0 aliphatic heterocycles. The summed E-state index contributed by atoms with van der Waals surface area (Å²) in [5.41, 5.74) is -0.416. The van der Waals surface area contributed by atoms with Crippen LogP contribution in [-0.4, -0.2) is 30.5 Å². The van der Waals surface area contributed by atoms with E-state index in [1.165, 1.54) is 0 Å². The third kappa shape index (κ3) is 4.48. The van der Waals surface area contributed by atoms with E-state index >= 15 is 0 Å². The molecule has 0 aliphatic rings. The van der Waals surface area contributed by atoms with Gasteiger partial charge in [-0.25, -0.2) is 8.42 Å². The van der Waals surface area contributed by atoms with Gasteiger partial charge in [-0.05, 0) is 12.0 Å². The number of carboxylic acids is 1. The first-order valence-corrected chi connectivity index (χ1v) is 8.02. The molecule has 116 valence electrons. The molecule has 2 N–H and O–H groups in total. The molecule has 1 aromatic carbocycles. The van der Waals surface area contributed by atoms with Crippen molar-refractivity contribution in [2.45, 2.75) is 24.8 Å². The molecule has 0 aliphatic carbocycles. The van der Waals surface area contributed by atoms with Crippen molar-refractivity contribution in [3.8, 4) is 0 Å². The third-order valence-corrected chi connectivity index (χ3v) is 4.47. The number of rotatable bonds is 6. The van der Waals surface area contributed by atoms with Crippen LogP contribution < -0.4 is 4.72 Å². The lowest BCUT2D eigenvalue weighted by atomic mass is 10.1. The second-order valence-electron chi connectivity index (χ2n) is 4.58. The number of nitro benzene ring substituents is 1. The van der Waals surface area contributed by atoms with Crippen LogP contribution in [0.5, 0.6) is 0 Å². The lowest BCUT2D eigenvalue weighted by Gasteiger charge is -2.18. The lowest BCUT2D eigenvalue weighted by Crippen LogP contribution is -2.44. The number of nitrogens with zero attached hydrogens (tertiary/aromatic N) is 1. The quantitative estimate of drug-likeness (QED) is 0.571. The van der Waals surface area contributed by atoms with Gasteiger partial charge in [0.15, 0.2) is 0 Å². The predicted octanol–water partition coefficient (Wildman–Crippen LogP) is 1.74. The Kier molecular flexibility index (Phi) is 5.42. The molecular formula is C11H13BrN2O6S. The highest BCUT2D eigenvalue weighted by Crippen LogP contribution is 2.24. The molecular weight excluding hydrogens is 368 g/mol. The summed E-state index contributed by atoms with van der Waals surface area (Å²) in [5, 5.41) is 19.8. The molecule has 0 fully saturated rings. The van der Waals surface area contributed by atoms with Gasteiger partial charge in [0, 0.05) is 16.6 Å². The topological polar surface area (TPSA) is 127 Å². The van der Waals surface area contributed by atoms with Crippen molar-refractivity contribution < 1.29 is 23.2 Å². The number of aliphatic carboxylic acids is 1. The van der Waals surface area contributed by atoms with Gasteiger partial charge in [0.2, 0.25) is 10.0 Å². The van der Waals surface area contributed by atoms with E-state index in [1.807, 2.05) is 4.72 Å². The van der Waals surface area contributed by atoms with E-state index in [0.29, 0.717) is 0 Å². The highest BCUT2D eigenvalue weighted by Gasteiger charge is 2.29. The van der Waals surface area contributed by atoms with Gasteiger partial charge in [-0.2, -0.15) is 4.72 Å². The SMILES string of the molecule is CC(C)[C@H](NS(=O)(=O)c1cc(Br)cc([N+](=O)[O-])c1)C(=O)O. The normalized spacial score (nSPS) is 13.1. The Labute approximate surface area is 129 Å². The Morgan fingerprint density at radius 1 is 1.38 bits per heavy atom. The van der Waals surface area contributed by atoms with Crippen LogP contribution in [0, 0.1) is 16.0 Å². The Bertz CT molecular complexity index is 673. The Hall–Kier alpha value is -1.52. The summed E-state index contributed by atoms with van der Waals surface area (Å²) < 4.78 is 26.6. The van der Waals surface area contributed by atoms with Crippen LogP contribution in [0.1, 0.15) is 13.8 Å². The highest BCUT2D eigenvalue weighted by molar-refractivity contribution is 9.10. The summed E-state index contributed by atoms with van der Waals surface area (Å²) in [6, 6.07) is 1.85. The van der Waals surface area contributed by atoms with E-state index < -0.39 is 38.6 Å². The number of halogens is 1. The van der Waals surface area contributed by atoms with E-state index in [9.17, 15) is 23.3 Å². The average Bonchev–Trinajstić information content (AvgIpc) is 2.34. The maximum Gasteiger partial charge on any atom is 0.322 e. The minimum absolute atomic E-state index is 0.202. The minimum Gasteiger partial charge on any atom is -0.480 e. The Morgan fingerprint density at radius 3 is 2.38 bits per heavy atom. The molecule has 1 atom stereocenters. The summed E-state index contributed by atoms with van der Waals surface area (Å²) in [6.07, 6.45) is 0. The van der Waals surface area contributed by atoms with Crippen LogP contribution >= 0.6 is 15.9 Å². The van der Waals surface area contributed by atoms with Crippen LogP contribution in [0.2, 0.25) is 0 Å². The third-order valence-electron chi connectivity index (χ3n) is 2.59. The standard InChI is InChI=1S/C11H13BrN2O6S/c1-6(2)10(11(15)16)13-21(19,20)9-4-7(12)3-8(5-9)14(17)18/h3-6,10,13H,1-2H3,(H,15,16)/t10-/m0/s1. The van der Waals surface area contributed by atoms with Crippen LogP contribution in [0.15, 0.2) is 27.6 Å². The molecule has 0 radical (unpaired) electrons. The van der Waals surface area contributed by atoms with Crippen LogP contribution in [0.3, 0.4) is 0 Å². The summed E-state index contributed by atoms with van der Waals surface area (Å²) in [6.45, 7) is 3.09. The van der Waals surface area contributed by atoms with Gasteiger partial charge in [-0.15, -0.1) is 0 Å². The van der Waals surface area contributed by atoms with E-state index in [2.05, 4.69) is 15.9 Å². The number of hydrogen-bond donors (Lipinski definition) is 2. The maximum absolute atomic E-state index is 12.2. The second-order valence-corrected chi connectivity index (χ2v) is 7.21. The minimum atomic E-state index is -4.19. The molecule has 1 rings (SSSR count). The number of nitro groups is 1. The van der Waals surface area contributed by atoms with Gasteiger partial charge in [-0.3, -0.25) is 14.9 Å². The van der Waals surface area contributed by atoms with Gasteiger partial charge in [0.25, 0.3) is 5.69 Å². The first-order chi connectivity index (χ1) is 9.54. The van der Waals surface area contributed by atoms with Crippen LogP contribution in [0.4, 0.5) is 5.69 Å². The molecule has 8 nitrogen and oxygen atoms in total. The first kappa shape index (κ1) is 17.5. The van der Waals surface area contributed by atoms with Crippen molar-refractivity contribution in [1.29, 1.82) is 0 Å². The summed E-state index contributed by atoms with van der Waals surface area (Å²) >= 11 is 2.98. The summed E-state index contributed by atoms with van der Waals surface area (Å²) in [4.78, 5) is 20.7. The van der Waals surface area contributed by atoms with Crippen molar-refractivity contribution in [3.63, 3.8) is 0 Å². The first-order valence-electron chi connectivity index (χ1n) is 5.74. The second kappa shape index (κ2) is 6.50. The zero-order valence-electron chi connectivity index (χ0n) is 11.1. The number of nitrogens with one attached hydrogen (secondary N) is 1. The number of carbonyl (C=O) groups is 1. The Balaban J connectivity index is 3.25. The van der Waals surface area contributed by atoms with Crippen molar-refractivity contribution in [2.24, 2.45) is 5.92 Å². The van der Waals surface area contributed by atoms with Gasteiger partial charge >= 0.3 is 5.97 Å². The van der Waals surface area contributed by atoms with E-state index in [0.717, 1.165) is 18.2 Å². The number of benzene rings is 1. The fraction of sp³-hybridized carbons (Fsp3) is 0.364. The number of non-ortho nitro benzene ring substituents is 1. The van der Waals surface area contributed by atoms with E-state index in [-0.39, 0.29) is 9.37 Å². The van der Waals surface area contributed by atoms with Crippen molar-refractivity contribution in [2.75, 3.05) is 0 Å². The molecule has 0 bridgehead atoms.